The van der Waals surface area contributed by atoms with Crippen molar-refractivity contribution in [1.29, 1.82) is 0 Å². The summed E-state index contributed by atoms with van der Waals surface area (Å²) < 4.78 is 9.76. The molecule has 0 unspecified atom stereocenters. The summed E-state index contributed by atoms with van der Waals surface area (Å²) in [4.78, 5) is 25.4. The minimum atomic E-state index is -4.32. The number of aliphatic carboxylic acids is 1. The Balaban J connectivity index is 0. The van der Waals surface area contributed by atoms with Gasteiger partial charge in [0.05, 0.1) is 0 Å². The van der Waals surface area contributed by atoms with E-state index in [-0.39, 0.29) is 29.6 Å². The first-order valence-electron chi connectivity index (χ1n) is 1.68. The minimum Gasteiger partial charge on any atom is -0.481 e. The second-order valence-corrected chi connectivity index (χ2v) is 2.86. The average molecular weight is 163 g/mol. The molecule has 0 fully saturated rings. The fourth-order valence-corrected chi connectivity index (χ4v) is 0.529. The van der Waals surface area contributed by atoms with Crippen LogP contribution in [0.25, 0.3) is 0 Å². The molecule has 0 spiro atoms. The van der Waals surface area contributed by atoms with E-state index in [0.29, 0.717) is 0 Å². The molecule has 0 heterocycles. The van der Waals surface area contributed by atoms with Crippen LogP contribution in [0.15, 0.2) is 0 Å². The van der Waals surface area contributed by atoms with E-state index in [1.54, 1.807) is 0 Å². The fourth-order valence-electron chi connectivity index (χ4n) is 0.176. The molecule has 0 atom stereocenters. The molecule has 0 amide bonds. The largest absolute Gasteiger partial charge is 0.481 e. The van der Waals surface area contributed by atoms with Crippen LogP contribution >= 0.6 is 7.60 Å². The molecule has 9 heavy (non-hydrogen) atoms. The summed E-state index contributed by atoms with van der Waals surface area (Å²) in [6, 6.07) is 0. The first-order chi connectivity index (χ1) is 3.42. The van der Waals surface area contributed by atoms with E-state index in [2.05, 4.69) is 0 Å². The third kappa shape index (κ3) is 12.0. The predicted octanol–water partition coefficient (Wildman–Crippen LogP) is -1.13. The first kappa shape index (κ1) is 12.3. The Kier molecular flexibility index (Phi) is 6.07. The van der Waals surface area contributed by atoms with Gasteiger partial charge in [0, 0.05) is 29.6 Å². The Bertz CT molecular complexity index is 138. The third-order valence-electron chi connectivity index (χ3n) is 0.341. The van der Waals surface area contributed by atoms with Gasteiger partial charge in [-0.1, -0.05) is 0 Å². The Morgan fingerprint density at radius 3 is 1.78 bits per heavy atom. The number of rotatable bonds is 2. The van der Waals surface area contributed by atoms with Crippen LogP contribution in [0.4, 0.5) is 0 Å². The molecular formula is C2H5NaO5P. The molecule has 0 aliphatic carbocycles. The van der Waals surface area contributed by atoms with Crippen molar-refractivity contribution in [2.45, 2.75) is 0 Å². The van der Waals surface area contributed by atoms with Gasteiger partial charge in [-0.2, -0.15) is 0 Å². The van der Waals surface area contributed by atoms with Crippen LogP contribution < -0.4 is 0 Å². The Hall–Kier alpha value is 0.620. The maximum Gasteiger partial charge on any atom is 0.336 e. The van der Waals surface area contributed by atoms with Gasteiger partial charge < -0.3 is 14.9 Å². The van der Waals surface area contributed by atoms with Gasteiger partial charge in [-0.05, 0) is 0 Å². The van der Waals surface area contributed by atoms with Crippen LogP contribution in [0.5, 0.6) is 0 Å². The summed E-state index contributed by atoms with van der Waals surface area (Å²) in [6.07, 6.45) is -1.09. The molecule has 0 bridgehead atoms. The number of hydrogen-bond donors (Lipinski definition) is 3. The Morgan fingerprint density at radius 1 is 1.44 bits per heavy atom. The molecule has 7 heteroatoms. The van der Waals surface area contributed by atoms with Gasteiger partial charge in [-0.25, -0.2) is 0 Å². The van der Waals surface area contributed by atoms with Crippen molar-refractivity contribution >= 4 is 43.1 Å². The van der Waals surface area contributed by atoms with Crippen molar-refractivity contribution in [2.24, 2.45) is 0 Å². The van der Waals surface area contributed by atoms with Gasteiger partial charge in [-0.3, -0.25) is 9.36 Å². The third-order valence-corrected chi connectivity index (χ3v) is 1.02. The van der Waals surface area contributed by atoms with Crippen LogP contribution in [0.2, 0.25) is 0 Å². The molecule has 0 aliphatic rings. The second-order valence-electron chi connectivity index (χ2n) is 1.22. The maximum atomic E-state index is 9.76. The van der Waals surface area contributed by atoms with E-state index in [9.17, 15) is 9.36 Å². The number of carbonyl (C=O) groups is 1. The molecule has 0 aromatic heterocycles. The van der Waals surface area contributed by atoms with Crippen molar-refractivity contribution in [1.82, 2.24) is 0 Å². The predicted molar refractivity (Wildman–Crippen MR) is 30.3 cm³/mol. The van der Waals surface area contributed by atoms with E-state index in [1.807, 2.05) is 0 Å². The minimum absolute atomic E-state index is 0. The summed E-state index contributed by atoms with van der Waals surface area (Å²) in [6.45, 7) is 0. The van der Waals surface area contributed by atoms with Gasteiger partial charge in [-0.15, -0.1) is 0 Å². The van der Waals surface area contributed by atoms with Crippen molar-refractivity contribution < 1.29 is 24.3 Å². The number of carboxylic acids is 1. The molecule has 0 aliphatic heterocycles. The van der Waals surface area contributed by atoms with Crippen LogP contribution in [-0.4, -0.2) is 56.6 Å². The Morgan fingerprint density at radius 2 is 1.78 bits per heavy atom. The van der Waals surface area contributed by atoms with Gasteiger partial charge in [0.25, 0.3) is 0 Å². The molecule has 0 saturated carbocycles. The van der Waals surface area contributed by atoms with Crippen molar-refractivity contribution in [2.75, 3.05) is 6.16 Å². The molecule has 0 rings (SSSR count). The van der Waals surface area contributed by atoms with Gasteiger partial charge in [0.1, 0.15) is 6.16 Å². The standard InChI is InChI=1S/C2H5O5P.Na/c3-2(4)1-8(5,6)7;/h1H2,(H,3,4)(H2,5,6,7);. The zero-order valence-electron chi connectivity index (χ0n) is 4.81. The van der Waals surface area contributed by atoms with Crippen LogP contribution in [0.1, 0.15) is 0 Å². The second kappa shape index (κ2) is 4.44. The SMILES string of the molecule is O=C(O)CP(=O)(O)O.[Na]. The quantitative estimate of drug-likeness (QED) is 0.353. The van der Waals surface area contributed by atoms with E-state index in [4.69, 9.17) is 14.9 Å². The van der Waals surface area contributed by atoms with Crippen molar-refractivity contribution in [3.63, 3.8) is 0 Å². The normalized spacial score (nSPS) is 10.0. The molecular weight excluding hydrogens is 158 g/mol. The fraction of sp³-hybridized carbons (Fsp3) is 0.500. The summed E-state index contributed by atoms with van der Waals surface area (Å²) in [5, 5.41) is 7.76. The summed E-state index contributed by atoms with van der Waals surface area (Å²) in [7, 11) is -4.32. The zero-order valence-corrected chi connectivity index (χ0v) is 7.71. The zero-order chi connectivity index (χ0) is 6.78. The topological polar surface area (TPSA) is 94.8 Å². The molecule has 0 aromatic carbocycles. The van der Waals surface area contributed by atoms with Gasteiger partial charge in [0.15, 0.2) is 0 Å². The van der Waals surface area contributed by atoms with E-state index < -0.39 is 19.7 Å². The van der Waals surface area contributed by atoms with Crippen LogP contribution in [-0.2, 0) is 9.36 Å². The average Bonchev–Trinajstić information content (AvgIpc) is 1.21. The summed E-state index contributed by atoms with van der Waals surface area (Å²) in [5.41, 5.74) is 0. The maximum absolute atomic E-state index is 9.76. The van der Waals surface area contributed by atoms with Crippen LogP contribution in [0, 0.1) is 0 Å². The molecule has 0 saturated heterocycles. The molecule has 1 radical (unpaired) electrons. The number of carboxylic acid groups (broad SMARTS) is 1. The van der Waals surface area contributed by atoms with Gasteiger partial charge >= 0.3 is 13.6 Å². The first-order valence-corrected chi connectivity index (χ1v) is 3.48. The molecule has 5 nitrogen and oxygen atoms in total. The smallest absolute Gasteiger partial charge is 0.336 e. The molecule has 0 aromatic rings. The van der Waals surface area contributed by atoms with Gasteiger partial charge in [0.2, 0.25) is 0 Å². The van der Waals surface area contributed by atoms with E-state index in [0.717, 1.165) is 0 Å². The monoisotopic (exact) mass is 163 g/mol. The van der Waals surface area contributed by atoms with E-state index in [1.165, 1.54) is 0 Å². The van der Waals surface area contributed by atoms with Crippen molar-refractivity contribution in [3.05, 3.63) is 0 Å². The Labute approximate surface area is 73.5 Å². The molecule has 49 valence electrons. The summed E-state index contributed by atoms with van der Waals surface area (Å²) in [5.74, 6) is -1.49. The molecule has 3 N–H and O–H groups in total. The number of hydrogen-bond acceptors (Lipinski definition) is 2. The van der Waals surface area contributed by atoms with E-state index >= 15 is 0 Å². The van der Waals surface area contributed by atoms with Crippen molar-refractivity contribution in [3.8, 4) is 0 Å². The van der Waals surface area contributed by atoms with Crippen LogP contribution in [0.3, 0.4) is 0 Å². The summed E-state index contributed by atoms with van der Waals surface area (Å²) >= 11 is 0.